The first-order chi connectivity index (χ1) is 5.77. The molecule has 1 heterocycles. The van der Waals surface area contributed by atoms with Crippen molar-refractivity contribution in [1.82, 2.24) is 9.71 Å². The summed E-state index contributed by atoms with van der Waals surface area (Å²) in [5, 5.41) is 17.1. The van der Waals surface area contributed by atoms with Crippen molar-refractivity contribution in [2.75, 3.05) is 0 Å². The standard InChI is InChI=1S/C8H7N3O/c9-8-10-7-4-2-1-3-6(7)5-11(8)12/h1-5,9,12H. The SMILES string of the molecule is N=c1nc2ccccc2cn1O. The largest absolute Gasteiger partial charge is 0.425 e. The van der Waals surface area contributed by atoms with Crippen molar-refractivity contribution in [3.05, 3.63) is 36.1 Å². The summed E-state index contributed by atoms with van der Waals surface area (Å²) in [5.41, 5.74) is 0.557. The van der Waals surface area contributed by atoms with Gasteiger partial charge in [-0.25, -0.2) is 4.98 Å². The average Bonchev–Trinajstić information content (AvgIpc) is 2.07. The highest BCUT2D eigenvalue weighted by atomic mass is 16.5. The van der Waals surface area contributed by atoms with E-state index in [4.69, 9.17) is 10.6 Å². The van der Waals surface area contributed by atoms with Crippen molar-refractivity contribution in [2.24, 2.45) is 0 Å². The van der Waals surface area contributed by atoms with Gasteiger partial charge in [0.05, 0.1) is 11.7 Å². The molecular weight excluding hydrogens is 154 g/mol. The highest BCUT2D eigenvalue weighted by Crippen LogP contribution is 2.06. The number of rotatable bonds is 0. The normalized spacial score (nSPS) is 10.3. The average molecular weight is 161 g/mol. The van der Waals surface area contributed by atoms with Gasteiger partial charge in [-0.1, -0.05) is 18.2 Å². The zero-order valence-corrected chi connectivity index (χ0v) is 6.23. The van der Waals surface area contributed by atoms with E-state index in [1.165, 1.54) is 6.20 Å². The van der Waals surface area contributed by atoms with Crippen LogP contribution in [0.5, 0.6) is 0 Å². The maximum absolute atomic E-state index is 9.08. The van der Waals surface area contributed by atoms with E-state index in [1.807, 2.05) is 18.2 Å². The maximum atomic E-state index is 9.08. The molecule has 0 aliphatic carbocycles. The van der Waals surface area contributed by atoms with Crippen LogP contribution in [-0.4, -0.2) is 14.9 Å². The van der Waals surface area contributed by atoms with E-state index >= 15 is 0 Å². The molecule has 0 fully saturated rings. The lowest BCUT2D eigenvalue weighted by atomic mass is 10.2. The van der Waals surface area contributed by atoms with Gasteiger partial charge in [-0.15, -0.1) is 0 Å². The molecule has 0 saturated heterocycles. The highest BCUT2D eigenvalue weighted by Gasteiger charge is 1.94. The van der Waals surface area contributed by atoms with Crippen molar-refractivity contribution in [3.63, 3.8) is 0 Å². The molecule has 0 bridgehead atoms. The number of para-hydroxylation sites is 1. The Morgan fingerprint density at radius 2 is 2.08 bits per heavy atom. The summed E-state index contributed by atoms with van der Waals surface area (Å²) in [5.74, 6) is 0. The Labute approximate surface area is 68.2 Å². The minimum Gasteiger partial charge on any atom is -0.425 e. The minimum absolute atomic E-state index is 0.159. The second kappa shape index (κ2) is 2.34. The van der Waals surface area contributed by atoms with Gasteiger partial charge in [0.25, 0.3) is 5.62 Å². The van der Waals surface area contributed by atoms with Gasteiger partial charge in [0.2, 0.25) is 0 Å². The molecule has 0 spiro atoms. The first-order valence-electron chi connectivity index (χ1n) is 3.50. The fourth-order valence-corrected chi connectivity index (χ4v) is 1.06. The molecule has 0 aliphatic heterocycles. The number of hydrogen-bond donors (Lipinski definition) is 2. The van der Waals surface area contributed by atoms with Crippen LogP contribution in [-0.2, 0) is 0 Å². The zero-order valence-electron chi connectivity index (χ0n) is 6.23. The number of nitrogens with one attached hydrogen (secondary N) is 1. The van der Waals surface area contributed by atoms with Crippen LogP contribution in [0.1, 0.15) is 0 Å². The van der Waals surface area contributed by atoms with Crippen LogP contribution >= 0.6 is 0 Å². The van der Waals surface area contributed by atoms with E-state index in [-0.39, 0.29) is 5.62 Å². The first-order valence-corrected chi connectivity index (χ1v) is 3.50. The van der Waals surface area contributed by atoms with Crippen molar-refractivity contribution in [2.45, 2.75) is 0 Å². The second-order valence-corrected chi connectivity index (χ2v) is 2.47. The maximum Gasteiger partial charge on any atom is 0.255 e. The minimum atomic E-state index is -0.159. The summed E-state index contributed by atoms with van der Waals surface area (Å²) in [6.45, 7) is 0. The van der Waals surface area contributed by atoms with Gasteiger partial charge in [0.15, 0.2) is 0 Å². The molecule has 1 aromatic carbocycles. The van der Waals surface area contributed by atoms with Crippen LogP contribution in [0.25, 0.3) is 10.9 Å². The molecule has 2 rings (SSSR count). The van der Waals surface area contributed by atoms with Gasteiger partial charge >= 0.3 is 0 Å². The first kappa shape index (κ1) is 6.84. The fraction of sp³-hybridized carbons (Fsp3) is 0. The lowest BCUT2D eigenvalue weighted by Crippen LogP contribution is -2.19. The molecule has 60 valence electrons. The zero-order chi connectivity index (χ0) is 8.55. The van der Waals surface area contributed by atoms with Crippen LogP contribution in [0.4, 0.5) is 0 Å². The number of nitrogens with zero attached hydrogens (tertiary/aromatic N) is 2. The summed E-state index contributed by atoms with van der Waals surface area (Å²) in [4.78, 5) is 3.85. The number of aromatic nitrogens is 2. The molecule has 2 N–H and O–H groups in total. The molecule has 0 radical (unpaired) electrons. The van der Waals surface area contributed by atoms with E-state index in [2.05, 4.69) is 4.98 Å². The number of hydrogen-bond acceptors (Lipinski definition) is 3. The third kappa shape index (κ3) is 0.934. The Morgan fingerprint density at radius 3 is 2.92 bits per heavy atom. The molecule has 0 aliphatic rings. The molecule has 4 heteroatoms. The Morgan fingerprint density at radius 1 is 1.33 bits per heavy atom. The predicted octanol–water partition coefficient (Wildman–Crippen LogP) is 0.753. The Bertz CT molecular complexity index is 475. The van der Waals surface area contributed by atoms with Gasteiger partial charge in [0.1, 0.15) is 0 Å². The van der Waals surface area contributed by atoms with Crippen LogP contribution in [0.2, 0.25) is 0 Å². The molecule has 0 amide bonds. The van der Waals surface area contributed by atoms with Crippen molar-refractivity contribution in [1.29, 1.82) is 5.41 Å². The summed E-state index contributed by atoms with van der Waals surface area (Å²) in [6, 6.07) is 7.33. The molecule has 1 aromatic heterocycles. The Hall–Kier alpha value is -1.84. The van der Waals surface area contributed by atoms with Gasteiger partial charge in [-0.3, -0.25) is 5.41 Å². The van der Waals surface area contributed by atoms with E-state index in [0.717, 1.165) is 5.39 Å². The molecule has 12 heavy (non-hydrogen) atoms. The summed E-state index contributed by atoms with van der Waals surface area (Å²) >= 11 is 0. The summed E-state index contributed by atoms with van der Waals surface area (Å²) in [6.07, 6.45) is 1.46. The predicted molar refractivity (Wildman–Crippen MR) is 42.8 cm³/mol. The van der Waals surface area contributed by atoms with E-state index in [1.54, 1.807) is 6.07 Å². The monoisotopic (exact) mass is 161 g/mol. The van der Waals surface area contributed by atoms with Crippen LogP contribution in [0.15, 0.2) is 30.5 Å². The third-order valence-corrected chi connectivity index (χ3v) is 1.64. The van der Waals surface area contributed by atoms with E-state index in [0.29, 0.717) is 10.2 Å². The molecule has 0 atom stereocenters. The summed E-state index contributed by atoms with van der Waals surface area (Å²) < 4.78 is 0.697. The molecular formula is C8H7N3O. The van der Waals surface area contributed by atoms with Gasteiger partial charge < -0.3 is 5.21 Å². The topological polar surface area (TPSA) is 61.9 Å². The third-order valence-electron chi connectivity index (χ3n) is 1.64. The lowest BCUT2D eigenvalue weighted by Gasteiger charge is -1.98. The Balaban J connectivity index is 2.93. The second-order valence-electron chi connectivity index (χ2n) is 2.47. The van der Waals surface area contributed by atoms with Crippen molar-refractivity contribution < 1.29 is 5.21 Å². The number of fused-ring (bicyclic) bond motifs is 1. The van der Waals surface area contributed by atoms with Crippen molar-refractivity contribution in [3.8, 4) is 0 Å². The van der Waals surface area contributed by atoms with Gasteiger partial charge in [0, 0.05) is 5.39 Å². The van der Waals surface area contributed by atoms with Crippen LogP contribution in [0, 0.1) is 5.41 Å². The van der Waals surface area contributed by atoms with Crippen molar-refractivity contribution >= 4 is 10.9 Å². The summed E-state index contributed by atoms with van der Waals surface area (Å²) in [7, 11) is 0. The molecule has 0 unspecified atom stereocenters. The smallest absolute Gasteiger partial charge is 0.255 e. The van der Waals surface area contributed by atoms with E-state index < -0.39 is 0 Å². The van der Waals surface area contributed by atoms with E-state index in [9.17, 15) is 0 Å². The molecule has 2 aromatic rings. The van der Waals surface area contributed by atoms with Crippen LogP contribution < -0.4 is 5.62 Å². The Kier molecular flexibility index (Phi) is 1.33. The van der Waals surface area contributed by atoms with Gasteiger partial charge in [-0.2, -0.15) is 4.73 Å². The quantitative estimate of drug-likeness (QED) is 0.560. The fourth-order valence-electron chi connectivity index (χ4n) is 1.06. The van der Waals surface area contributed by atoms with Crippen LogP contribution in [0.3, 0.4) is 0 Å². The lowest BCUT2D eigenvalue weighted by molar-refractivity contribution is 0.167. The molecule has 0 saturated carbocycles. The highest BCUT2D eigenvalue weighted by molar-refractivity contribution is 5.76. The number of benzene rings is 1. The van der Waals surface area contributed by atoms with Gasteiger partial charge in [-0.05, 0) is 6.07 Å². The molecule has 4 nitrogen and oxygen atoms in total.